The summed E-state index contributed by atoms with van der Waals surface area (Å²) in [4.78, 5) is 82.6. The zero-order valence-electron chi connectivity index (χ0n) is 28.0. The molecule has 17 nitrogen and oxygen atoms in total. The van der Waals surface area contributed by atoms with Crippen LogP contribution < -0.4 is 10.6 Å². The van der Waals surface area contributed by atoms with Crippen molar-refractivity contribution in [1.29, 1.82) is 0 Å². The van der Waals surface area contributed by atoms with Gasteiger partial charge in [-0.3, -0.25) is 0 Å². The number of amides is 2. The molecule has 17 heteroatoms. The van der Waals surface area contributed by atoms with Crippen LogP contribution in [-0.2, 0) is 57.1 Å². The molecule has 0 unspecified atom stereocenters. The summed E-state index contributed by atoms with van der Waals surface area (Å²) in [6.07, 6.45) is 5.28. The molecule has 0 heterocycles. The molecule has 3 N–H and O–H groups in total. The molecule has 0 aliphatic carbocycles. The van der Waals surface area contributed by atoms with E-state index >= 15 is 0 Å². The van der Waals surface area contributed by atoms with Gasteiger partial charge < -0.3 is 48.9 Å². The van der Waals surface area contributed by atoms with Crippen LogP contribution in [0.1, 0.15) is 25.7 Å². The highest BCUT2D eigenvalue weighted by Gasteiger charge is 2.38. The highest BCUT2D eigenvalue weighted by molar-refractivity contribution is 5.83. The van der Waals surface area contributed by atoms with E-state index in [1.165, 1.54) is 0 Å². The van der Waals surface area contributed by atoms with E-state index in [9.17, 15) is 38.7 Å². The van der Waals surface area contributed by atoms with Gasteiger partial charge in [0.2, 0.25) is 0 Å². The van der Waals surface area contributed by atoms with Crippen molar-refractivity contribution in [2.45, 2.75) is 25.7 Å². The lowest BCUT2D eigenvalue weighted by molar-refractivity contribution is -0.159. The third-order valence-corrected chi connectivity index (χ3v) is 6.43. The maximum atomic E-state index is 12.4. The summed E-state index contributed by atoms with van der Waals surface area (Å²) < 4.78 is 35.6. The fourth-order valence-corrected chi connectivity index (χ4v) is 3.45. The largest absolute Gasteiger partial charge is 0.462 e. The molecule has 0 aromatic heterocycles. The first kappa shape index (κ1) is 44.5. The lowest BCUT2D eigenvalue weighted by Gasteiger charge is -2.31. The van der Waals surface area contributed by atoms with Gasteiger partial charge in [0.25, 0.3) is 0 Å². The lowest BCUT2D eigenvalue weighted by atomic mass is 9.92. The van der Waals surface area contributed by atoms with Gasteiger partial charge >= 0.3 is 42.0 Å². The first-order valence-corrected chi connectivity index (χ1v) is 15.2. The van der Waals surface area contributed by atoms with Gasteiger partial charge in [-0.15, -0.1) is 0 Å². The van der Waals surface area contributed by atoms with E-state index in [1.54, 1.807) is 0 Å². The number of nitrogens with one attached hydrogen (secondary N) is 2. The van der Waals surface area contributed by atoms with Crippen molar-refractivity contribution < 1.29 is 71.8 Å². The average molecular weight is 711 g/mol. The minimum atomic E-state index is -1.46. The summed E-state index contributed by atoms with van der Waals surface area (Å²) in [6.45, 7) is 13.1. The second-order valence-corrected chi connectivity index (χ2v) is 10.6. The van der Waals surface area contributed by atoms with E-state index in [0.717, 1.165) is 30.4 Å². The molecular formula is C33H46N2O15. The number of aliphatic hydroxyl groups is 1. The molecule has 0 bridgehead atoms. The summed E-state index contributed by atoms with van der Waals surface area (Å²) in [6, 6.07) is 0. The van der Waals surface area contributed by atoms with E-state index in [0.29, 0.717) is 25.7 Å². The van der Waals surface area contributed by atoms with Crippen molar-refractivity contribution >= 4 is 42.0 Å². The molecule has 0 saturated carbocycles. The predicted octanol–water partition coefficient (Wildman–Crippen LogP) is 1.61. The molecule has 0 aromatic carbocycles. The van der Waals surface area contributed by atoms with Crippen LogP contribution in [0.4, 0.5) is 9.59 Å². The van der Waals surface area contributed by atoms with Gasteiger partial charge in [0.05, 0.1) is 12.0 Å². The van der Waals surface area contributed by atoms with Crippen LogP contribution in [0.15, 0.2) is 63.3 Å². The minimum absolute atomic E-state index is 0.222. The van der Waals surface area contributed by atoms with E-state index in [1.807, 2.05) is 0 Å². The van der Waals surface area contributed by atoms with Gasteiger partial charge in [-0.1, -0.05) is 45.7 Å². The molecule has 0 radical (unpaired) electrons. The number of ether oxygens (including phenoxy) is 7. The number of hydrogen-bond donors (Lipinski definition) is 3. The van der Waals surface area contributed by atoms with Crippen LogP contribution in [0.25, 0.3) is 0 Å². The van der Waals surface area contributed by atoms with E-state index in [2.05, 4.69) is 43.5 Å². The fourth-order valence-electron chi connectivity index (χ4n) is 3.45. The quantitative estimate of drug-likeness (QED) is 0.0476. The van der Waals surface area contributed by atoms with Crippen LogP contribution in [-0.4, -0.2) is 113 Å². The van der Waals surface area contributed by atoms with Gasteiger partial charge in [-0.05, 0) is 12.8 Å². The maximum absolute atomic E-state index is 12.4. The Morgan fingerprint density at radius 2 is 0.700 bits per heavy atom. The van der Waals surface area contributed by atoms with Gasteiger partial charge in [0.1, 0.15) is 51.7 Å². The predicted molar refractivity (Wildman–Crippen MR) is 175 cm³/mol. The number of carbonyl (C=O) groups is 7. The number of hydrogen-bond acceptors (Lipinski definition) is 15. The van der Waals surface area contributed by atoms with Crippen LogP contribution in [0, 0.1) is 10.8 Å². The molecule has 0 aliphatic heterocycles. The highest BCUT2D eigenvalue weighted by atomic mass is 16.6. The van der Waals surface area contributed by atoms with Crippen LogP contribution in [0.5, 0.6) is 0 Å². The Kier molecular flexibility index (Phi) is 22.8. The summed E-state index contributed by atoms with van der Waals surface area (Å²) in [5, 5.41) is 15.0. The van der Waals surface area contributed by atoms with E-state index in [4.69, 9.17) is 33.2 Å². The zero-order chi connectivity index (χ0) is 37.8. The number of esters is 5. The molecule has 278 valence electrons. The number of unbranched alkanes of at least 4 members (excludes halogenated alkanes) is 3. The van der Waals surface area contributed by atoms with Crippen molar-refractivity contribution in [2.24, 2.45) is 10.8 Å². The Bertz CT molecular complexity index is 1130. The lowest BCUT2D eigenvalue weighted by Crippen LogP contribution is -2.44. The minimum Gasteiger partial charge on any atom is -0.462 e. The van der Waals surface area contributed by atoms with Crippen molar-refractivity contribution in [3.63, 3.8) is 0 Å². The van der Waals surface area contributed by atoms with Crippen LogP contribution in [0.3, 0.4) is 0 Å². The molecule has 0 atom stereocenters. The Morgan fingerprint density at radius 1 is 0.440 bits per heavy atom. The van der Waals surface area contributed by atoms with E-state index < -0.39 is 106 Å². The molecule has 50 heavy (non-hydrogen) atoms. The van der Waals surface area contributed by atoms with Crippen molar-refractivity contribution in [3.8, 4) is 0 Å². The SMILES string of the molecule is C=CC(=O)OCC(CO)(COC(=O)C=C)COC(=O)NCCCCCCNC(=O)OCC(COC(=O)C=C)(COC(=O)C=C)COC(=O)C=C. The molecule has 0 rings (SSSR count). The smallest absolute Gasteiger partial charge is 0.407 e. The molecule has 0 spiro atoms. The van der Waals surface area contributed by atoms with Gasteiger partial charge in [-0.2, -0.15) is 0 Å². The highest BCUT2D eigenvalue weighted by Crippen LogP contribution is 2.22. The molecule has 0 saturated heterocycles. The molecule has 0 aromatic rings. The van der Waals surface area contributed by atoms with Gasteiger partial charge in [-0.25, -0.2) is 33.6 Å². The van der Waals surface area contributed by atoms with Crippen molar-refractivity contribution in [1.82, 2.24) is 10.6 Å². The summed E-state index contributed by atoms with van der Waals surface area (Å²) in [5.74, 6) is -4.01. The third kappa shape index (κ3) is 20.0. The monoisotopic (exact) mass is 710 g/mol. The Balaban J connectivity index is 4.75. The standard InChI is InChI=1S/C33H46N2O15/c1-6-25(37)44-18-32(17-36,19-45-26(38)7-2)20-49-30(42)34-15-13-11-12-14-16-35-31(43)50-24-33(21-46-27(39)8-3,22-47-28(40)9-4)23-48-29(41)10-5/h6-10,36H,1-5,11-24H2,(H,34,42)(H,35,43). The Hall–Kier alpha value is -5.45. The van der Waals surface area contributed by atoms with Gasteiger partial charge in [0.15, 0.2) is 0 Å². The van der Waals surface area contributed by atoms with Crippen molar-refractivity contribution in [2.75, 3.05) is 65.9 Å². The summed E-state index contributed by atoms with van der Waals surface area (Å²) in [5.41, 5.74) is -2.88. The zero-order valence-corrected chi connectivity index (χ0v) is 28.0. The normalized spacial score (nSPS) is 10.6. The first-order chi connectivity index (χ1) is 23.8. The molecule has 0 aliphatic rings. The Labute approximate surface area is 290 Å². The first-order valence-electron chi connectivity index (χ1n) is 15.2. The average Bonchev–Trinajstić information content (AvgIpc) is 3.13. The number of alkyl carbamates (subject to hydrolysis) is 2. The number of rotatable bonds is 27. The second kappa shape index (κ2) is 25.6. The summed E-state index contributed by atoms with van der Waals surface area (Å²) >= 11 is 0. The topological polar surface area (TPSA) is 228 Å². The van der Waals surface area contributed by atoms with Crippen LogP contribution >= 0.6 is 0 Å². The fraction of sp³-hybridized carbons (Fsp3) is 0.485. The molecule has 2 amide bonds. The van der Waals surface area contributed by atoms with E-state index in [-0.39, 0.29) is 13.1 Å². The summed E-state index contributed by atoms with van der Waals surface area (Å²) in [7, 11) is 0. The van der Waals surface area contributed by atoms with Crippen LogP contribution in [0.2, 0.25) is 0 Å². The number of carbonyl (C=O) groups excluding carboxylic acids is 7. The maximum Gasteiger partial charge on any atom is 0.407 e. The number of aliphatic hydroxyl groups excluding tert-OH is 1. The third-order valence-electron chi connectivity index (χ3n) is 6.43. The van der Waals surface area contributed by atoms with Gasteiger partial charge in [0, 0.05) is 43.5 Å². The Morgan fingerprint density at radius 3 is 0.980 bits per heavy atom. The second-order valence-electron chi connectivity index (χ2n) is 10.6. The molecule has 0 fully saturated rings. The van der Waals surface area contributed by atoms with Crippen molar-refractivity contribution in [3.05, 3.63) is 63.3 Å². The molecular weight excluding hydrogens is 664 g/mol.